The molecule has 19 heavy (non-hydrogen) atoms. The molecule has 0 bridgehead atoms. The standard InChI is InChI=1S/C19H32/c1-17(2,3)14-13-15-9-11-16(12-10-15)19(7,8)18(4,5)6/h9-12H,13-14H2,1-8H3. The van der Waals surface area contributed by atoms with E-state index in [1.165, 1.54) is 24.0 Å². The molecule has 0 spiro atoms. The van der Waals surface area contributed by atoms with Gasteiger partial charge in [0.1, 0.15) is 0 Å². The first-order valence-electron chi connectivity index (χ1n) is 7.53. The summed E-state index contributed by atoms with van der Waals surface area (Å²) in [7, 11) is 0. The molecular formula is C19H32. The first-order valence-corrected chi connectivity index (χ1v) is 7.53. The van der Waals surface area contributed by atoms with Crippen LogP contribution in [-0.4, -0.2) is 0 Å². The molecule has 0 heteroatoms. The van der Waals surface area contributed by atoms with Crippen LogP contribution in [0.15, 0.2) is 24.3 Å². The van der Waals surface area contributed by atoms with E-state index in [1.54, 1.807) is 0 Å². The van der Waals surface area contributed by atoms with Crippen LogP contribution in [0.25, 0.3) is 0 Å². The topological polar surface area (TPSA) is 0 Å². The minimum absolute atomic E-state index is 0.204. The number of benzene rings is 1. The van der Waals surface area contributed by atoms with Crippen molar-refractivity contribution in [2.75, 3.05) is 0 Å². The summed E-state index contributed by atoms with van der Waals surface area (Å²) >= 11 is 0. The van der Waals surface area contributed by atoms with Crippen molar-refractivity contribution >= 4 is 0 Å². The average molecular weight is 260 g/mol. The molecule has 1 aromatic carbocycles. The Hall–Kier alpha value is -0.780. The highest BCUT2D eigenvalue weighted by Gasteiger charge is 2.34. The Morgan fingerprint density at radius 3 is 1.58 bits per heavy atom. The van der Waals surface area contributed by atoms with E-state index in [9.17, 15) is 0 Å². The van der Waals surface area contributed by atoms with Crippen LogP contribution in [0.3, 0.4) is 0 Å². The van der Waals surface area contributed by atoms with Crippen molar-refractivity contribution < 1.29 is 0 Å². The van der Waals surface area contributed by atoms with Gasteiger partial charge in [-0.15, -0.1) is 0 Å². The summed E-state index contributed by atoms with van der Waals surface area (Å²) in [5.74, 6) is 0. The second-order valence-electron chi connectivity index (χ2n) is 8.63. The molecule has 0 aliphatic rings. The predicted molar refractivity (Wildman–Crippen MR) is 86.7 cm³/mol. The van der Waals surface area contributed by atoms with Crippen LogP contribution >= 0.6 is 0 Å². The summed E-state index contributed by atoms with van der Waals surface area (Å²) in [5.41, 5.74) is 3.81. The second kappa shape index (κ2) is 5.31. The van der Waals surface area contributed by atoms with E-state index >= 15 is 0 Å². The summed E-state index contributed by atoms with van der Waals surface area (Å²) in [5, 5.41) is 0. The summed E-state index contributed by atoms with van der Waals surface area (Å²) < 4.78 is 0. The minimum atomic E-state index is 0.204. The maximum Gasteiger partial charge on any atom is -0.00551 e. The molecule has 0 unspecified atom stereocenters. The van der Waals surface area contributed by atoms with Crippen LogP contribution in [0, 0.1) is 10.8 Å². The Balaban J connectivity index is 2.83. The van der Waals surface area contributed by atoms with Gasteiger partial charge in [0, 0.05) is 0 Å². The van der Waals surface area contributed by atoms with Gasteiger partial charge in [0.2, 0.25) is 0 Å². The van der Waals surface area contributed by atoms with Crippen molar-refractivity contribution in [1.82, 2.24) is 0 Å². The first-order chi connectivity index (χ1) is 8.43. The third-order valence-corrected chi connectivity index (χ3v) is 4.71. The van der Waals surface area contributed by atoms with E-state index in [-0.39, 0.29) is 10.8 Å². The molecule has 0 N–H and O–H groups in total. The van der Waals surface area contributed by atoms with Crippen molar-refractivity contribution in [2.24, 2.45) is 10.8 Å². The lowest BCUT2D eigenvalue weighted by atomic mass is 9.65. The smallest absolute Gasteiger partial charge is 0.00551 e. The van der Waals surface area contributed by atoms with E-state index in [2.05, 4.69) is 79.7 Å². The molecule has 0 saturated carbocycles. The van der Waals surface area contributed by atoms with E-state index in [4.69, 9.17) is 0 Å². The molecule has 0 heterocycles. The number of aryl methyl sites for hydroxylation is 1. The fourth-order valence-corrected chi connectivity index (χ4v) is 2.04. The summed E-state index contributed by atoms with van der Waals surface area (Å²) in [6.45, 7) is 18.6. The largest absolute Gasteiger partial charge is 0.0602 e. The van der Waals surface area contributed by atoms with Crippen molar-refractivity contribution in [3.05, 3.63) is 35.4 Å². The molecule has 0 aromatic heterocycles. The summed E-state index contributed by atoms with van der Waals surface area (Å²) in [6, 6.07) is 9.27. The quantitative estimate of drug-likeness (QED) is 0.626. The fourth-order valence-electron chi connectivity index (χ4n) is 2.04. The lowest BCUT2D eigenvalue weighted by Crippen LogP contribution is -2.33. The zero-order valence-electron chi connectivity index (χ0n) is 14.2. The lowest BCUT2D eigenvalue weighted by molar-refractivity contribution is 0.225. The minimum Gasteiger partial charge on any atom is -0.0602 e. The van der Waals surface area contributed by atoms with Gasteiger partial charge < -0.3 is 0 Å². The third kappa shape index (κ3) is 4.37. The second-order valence-corrected chi connectivity index (χ2v) is 8.63. The Labute approximate surface area is 120 Å². The Morgan fingerprint density at radius 1 is 0.737 bits per heavy atom. The normalized spacial score (nSPS) is 13.7. The van der Waals surface area contributed by atoms with Gasteiger partial charge in [-0.3, -0.25) is 0 Å². The van der Waals surface area contributed by atoms with Crippen molar-refractivity contribution in [3.63, 3.8) is 0 Å². The van der Waals surface area contributed by atoms with Crippen LogP contribution in [0.2, 0.25) is 0 Å². The maximum absolute atomic E-state index is 2.34. The van der Waals surface area contributed by atoms with Gasteiger partial charge in [-0.05, 0) is 40.2 Å². The molecule has 0 nitrogen and oxygen atoms in total. The lowest BCUT2D eigenvalue weighted by Gasteiger charge is -2.39. The molecule has 1 aromatic rings. The molecule has 1 rings (SSSR count). The van der Waals surface area contributed by atoms with Crippen molar-refractivity contribution in [2.45, 2.75) is 73.6 Å². The Morgan fingerprint density at radius 2 is 1.21 bits per heavy atom. The average Bonchev–Trinajstić information content (AvgIpc) is 2.24. The van der Waals surface area contributed by atoms with Gasteiger partial charge in [-0.1, -0.05) is 79.7 Å². The SMILES string of the molecule is CC(C)(C)CCc1ccc(C(C)(C)C(C)(C)C)cc1. The summed E-state index contributed by atoms with van der Waals surface area (Å²) in [4.78, 5) is 0. The zero-order chi connectivity index (χ0) is 14.9. The van der Waals surface area contributed by atoms with Gasteiger partial charge in [-0.2, -0.15) is 0 Å². The van der Waals surface area contributed by atoms with Gasteiger partial charge >= 0.3 is 0 Å². The maximum atomic E-state index is 2.34. The van der Waals surface area contributed by atoms with Gasteiger partial charge in [0.05, 0.1) is 0 Å². The van der Waals surface area contributed by atoms with Crippen LogP contribution in [-0.2, 0) is 11.8 Å². The van der Waals surface area contributed by atoms with Crippen molar-refractivity contribution in [1.29, 1.82) is 0 Å². The van der Waals surface area contributed by atoms with E-state index < -0.39 is 0 Å². The predicted octanol–water partition coefficient (Wildman–Crippen LogP) is 5.99. The first kappa shape index (κ1) is 16.3. The third-order valence-electron chi connectivity index (χ3n) is 4.71. The number of hydrogen-bond acceptors (Lipinski definition) is 0. The highest BCUT2D eigenvalue weighted by atomic mass is 14.4. The Kier molecular flexibility index (Phi) is 4.55. The molecule has 0 radical (unpaired) electrons. The monoisotopic (exact) mass is 260 g/mol. The van der Waals surface area contributed by atoms with Crippen molar-refractivity contribution in [3.8, 4) is 0 Å². The van der Waals surface area contributed by atoms with E-state index in [0.717, 1.165) is 0 Å². The van der Waals surface area contributed by atoms with Gasteiger partial charge in [0.15, 0.2) is 0 Å². The highest BCUT2D eigenvalue weighted by Crippen LogP contribution is 2.40. The van der Waals surface area contributed by atoms with Crippen LogP contribution in [0.1, 0.15) is 72.9 Å². The van der Waals surface area contributed by atoms with E-state index in [1.807, 2.05) is 0 Å². The molecule has 108 valence electrons. The molecule has 0 saturated heterocycles. The highest BCUT2D eigenvalue weighted by molar-refractivity contribution is 5.30. The van der Waals surface area contributed by atoms with E-state index in [0.29, 0.717) is 5.41 Å². The van der Waals surface area contributed by atoms with Crippen LogP contribution in [0.5, 0.6) is 0 Å². The van der Waals surface area contributed by atoms with Crippen LogP contribution in [0.4, 0.5) is 0 Å². The molecule has 0 aliphatic heterocycles. The van der Waals surface area contributed by atoms with Gasteiger partial charge in [-0.25, -0.2) is 0 Å². The molecule has 0 fully saturated rings. The molecular weight excluding hydrogens is 228 g/mol. The number of rotatable bonds is 3. The molecule has 0 atom stereocenters. The van der Waals surface area contributed by atoms with Crippen LogP contribution < -0.4 is 0 Å². The Bertz CT molecular complexity index is 393. The molecule has 0 amide bonds. The fraction of sp³-hybridized carbons (Fsp3) is 0.684. The zero-order valence-corrected chi connectivity index (χ0v) is 14.2. The summed E-state index contributed by atoms with van der Waals surface area (Å²) in [6.07, 6.45) is 2.43. The number of hydrogen-bond donors (Lipinski definition) is 0. The molecule has 0 aliphatic carbocycles. The van der Waals surface area contributed by atoms with Gasteiger partial charge in [0.25, 0.3) is 0 Å².